The maximum Gasteiger partial charge on any atom is 0.251 e. The van der Waals surface area contributed by atoms with Gasteiger partial charge in [0.15, 0.2) is 5.78 Å². The van der Waals surface area contributed by atoms with Gasteiger partial charge in [-0.2, -0.15) is 0 Å². The van der Waals surface area contributed by atoms with E-state index in [0.717, 1.165) is 0 Å². The van der Waals surface area contributed by atoms with Gasteiger partial charge in [-0.05, 0) is 48.9 Å². The normalized spacial score (nSPS) is 20.8. The minimum atomic E-state index is -0.706. The van der Waals surface area contributed by atoms with Crippen molar-refractivity contribution in [3.63, 3.8) is 0 Å². The Kier molecular flexibility index (Phi) is 8.70. The predicted molar refractivity (Wildman–Crippen MR) is 135 cm³/mol. The van der Waals surface area contributed by atoms with Gasteiger partial charge in [0.25, 0.3) is 5.91 Å². The number of carbonyl (C=O) groups excluding carboxylic acids is 5. The van der Waals surface area contributed by atoms with E-state index in [9.17, 15) is 24.0 Å². The van der Waals surface area contributed by atoms with Crippen molar-refractivity contribution in [2.24, 2.45) is 11.8 Å². The second kappa shape index (κ2) is 11.5. The molecule has 36 heavy (non-hydrogen) atoms. The van der Waals surface area contributed by atoms with Crippen LogP contribution in [0.5, 0.6) is 0 Å². The summed E-state index contributed by atoms with van der Waals surface area (Å²) in [6, 6.07) is 4.95. The third-order valence-electron chi connectivity index (χ3n) is 6.94. The van der Waals surface area contributed by atoms with Crippen molar-refractivity contribution in [2.75, 3.05) is 25.4 Å². The van der Waals surface area contributed by atoms with Gasteiger partial charge in [0.2, 0.25) is 17.7 Å². The molecule has 4 unspecified atom stereocenters. The van der Waals surface area contributed by atoms with E-state index in [1.165, 1.54) is 11.8 Å². The summed E-state index contributed by atoms with van der Waals surface area (Å²) >= 11 is 0. The number of fused-ring (bicyclic) bond motifs is 1. The van der Waals surface area contributed by atoms with Crippen molar-refractivity contribution in [2.45, 2.75) is 65.1 Å². The van der Waals surface area contributed by atoms with E-state index in [-0.39, 0.29) is 60.3 Å². The van der Waals surface area contributed by atoms with Crippen LogP contribution in [0.15, 0.2) is 24.3 Å². The molecule has 4 amide bonds. The van der Waals surface area contributed by atoms with Crippen LogP contribution in [0.2, 0.25) is 0 Å². The van der Waals surface area contributed by atoms with Crippen LogP contribution in [0.3, 0.4) is 0 Å². The first-order valence-electron chi connectivity index (χ1n) is 12.5. The molecule has 2 fully saturated rings. The lowest BCUT2D eigenvalue weighted by molar-refractivity contribution is -0.138. The van der Waals surface area contributed by atoms with Crippen LogP contribution >= 0.6 is 0 Å². The van der Waals surface area contributed by atoms with Crippen LogP contribution in [-0.4, -0.2) is 77.0 Å². The van der Waals surface area contributed by atoms with Gasteiger partial charge in [0.05, 0.1) is 12.6 Å². The topological polar surface area (TPSA) is 142 Å². The van der Waals surface area contributed by atoms with Crippen LogP contribution in [0.1, 0.15) is 57.3 Å². The Balaban J connectivity index is 1.53. The standard InChI is InChI=1S/C26H37N5O5/c1-15(2)23(29-17(4)32)26(36)31-14-21(33)24-20(31)10-12-30(24)22(34)13-16(3)9-11-28-25(35)18-5-7-19(27)8-6-18/h5-8,15-16,20,23-24H,9-14,27H2,1-4H3,(H,28,35)(H,29,32). The molecule has 2 aliphatic rings. The highest BCUT2D eigenvalue weighted by Crippen LogP contribution is 2.31. The average Bonchev–Trinajstić information content (AvgIpc) is 3.38. The largest absolute Gasteiger partial charge is 0.399 e. The Morgan fingerprint density at radius 1 is 1.08 bits per heavy atom. The van der Waals surface area contributed by atoms with Gasteiger partial charge < -0.3 is 26.2 Å². The molecule has 0 bridgehead atoms. The summed E-state index contributed by atoms with van der Waals surface area (Å²) in [5, 5.41) is 5.55. The van der Waals surface area contributed by atoms with Gasteiger partial charge in [-0.1, -0.05) is 20.8 Å². The van der Waals surface area contributed by atoms with Crippen LogP contribution in [0.4, 0.5) is 5.69 Å². The van der Waals surface area contributed by atoms with Gasteiger partial charge >= 0.3 is 0 Å². The van der Waals surface area contributed by atoms with Crippen LogP contribution in [-0.2, 0) is 19.2 Å². The minimum absolute atomic E-state index is 0.00240. The zero-order chi connectivity index (χ0) is 26.6. The molecule has 0 saturated carbocycles. The fourth-order valence-corrected chi connectivity index (χ4v) is 4.99. The van der Waals surface area contributed by atoms with E-state index in [2.05, 4.69) is 10.6 Å². The Bertz CT molecular complexity index is 1010. The van der Waals surface area contributed by atoms with Crippen molar-refractivity contribution in [1.29, 1.82) is 0 Å². The van der Waals surface area contributed by atoms with Crippen LogP contribution in [0.25, 0.3) is 0 Å². The fraction of sp³-hybridized carbons (Fsp3) is 0.577. The molecule has 0 radical (unpaired) electrons. The van der Waals surface area contributed by atoms with Gasteiger partial charge in [-0.3, -0.25) is 24.0 Å². The Morgan fingerprint density at radius 3 is 2.36 bits per heavy atom. The molecule has 10 heteroatoms. The summed E-state index contributed by atoms with van der Waals surface area (Å²) in [6.45, 7) is 7.78. The Hall–Kier alpha value is -3.43. The number of nitrogens with zero attached hydrogens (tertiary/aromatic N) is 2. The van der Waals surface area contributed by atoms with E-state index in [0.29, 0.717) is 37.2 Å². The van der Waals surface area contributed by atoms with E-state index in [4.69, 9.17) is 5.73 Å². The second-order valence-corrected chi connectivity index (χ2v) is 10.2. The molecule has 4 N–H and O–H groups in total. The highest BCUT2D eigenvalue weighted by Gasteiger charge is 2.52. The SMILES string of the molecule is CC(=O)NC(C(=O)N1CC(=O)C2C1CCN2C(=O)CC(C)CCNC(=O)c1ccc(N)cc1)C(C)C. The first kappa shape index (κ1) is 27.2. The zero-order valence-electron chi connectivity index (χ0n) is 21.5. The molecular weight excluding hydrogens is 462 g/mol. The third-order valence-corrected chi connectivity index (χ3v) is 6.94. The minimum Gasteiger partial charge on any atom is -0.399 e. The first-order chi connectivity index (χ1) is 17.0. The molecule has 0 spiro atoms. The third kappa shape index (κ3) is 6.22. The number of hydrogen-bond acceptors (Lipinski definition) is 6. The monoisotopic (exact) mass is 499 g/mol. The number of Topliss-reactive ketones (excluding diaryl/α,β-unsaturated/α-hetero) is 1. The summed E-state index contributed by atoms with van der Waals surface area (Å²) in [4.78, 5) is 66.1. The number of rotatable bonds is 9. The van der Waals surface area contributed by atoms with E-state index in [1.807, 2.05) is 20.8 Å². The van der Waals surface area contributed by atoms with Crippen molar-refractivity contribution in [3.8, 4) is 0 Å². The number of anilines is 1. The zero-order valence-corrected chi connectivity index (χ0v) is 21.5. The number of likely N-dealkylation sites (tertiary alicyclic amines) is 2. The van der Waals surface area contributed by atoms with Crippen molar-refractivity contribution in [3.05, 3.63) is 29.8 Å². The van der Waals surface area contributed by atoms with Gasteiger partial charge in [0, 0.05) is 37.7 Å². The number of hydrogen-bond donors (Lipinski definition) is 3. The number of nitrogen functional groups attached to an aromatic ring is 1. The molecule has 2 aliphatic heterocycles. The van der Waals surface area contributed by atoms with E-state index in [1.54, 1.807) is 29.2 Å². The number of benzene rings is 1. The summed E-state index contributed by atoms with van der Waals surface area (Å²) in [5.41, 5.74) is 6.76. The molecule has 2 saturated heterocycles. The smallest absolute Gasteiger partial charge is 0.251 e. The van der Waals surface area contributed by atoms with E-state index < -0.39 is 12.1 Å². The van der Waals surface area contributed by atoms with E-state index >= 15 is 0 Å². The number of ketones is 1. The summed E-state index contributed by atoms with van der Waals surface area (Å²) in [7, 11) is 0. The Morgan fingerprint density at radius 2 is 1.75 bits per heavy atom. The lowest BCUT2D eigenvalue weighted by atomic mass is 10.0. The number of nitrogens with two attached hydrogens (primary N) is 1. The molecule has 1 aromatic rings. The highest BCUT2D eigenvalue weighted by atomic mass is 16.2. The molecule has 2 heterocycles. The number of carbonyl (C=O) groups is 5. The van der Waals surface area contributed by atoms with Crippen LogP contribution < -0.4 is 16.4 Å². The number of amides is 4. The molecule has 0 aromatic heterocycles. The fourth-order valence-electron chi connectivity index (χ4n) is 4.99. The molecular formula is C26H37N5O5. The molecule has 196 valence electrons. The first-order valence-corrected chi connectivity index (χ1v) is 12.5. The summed E-state index contributed by atoms with van der Waals surface area (Å²) < 4.78 is 0. The summed E-state index contributed by atoms with van der Waals surface area (Å²) in [5.74, 6) is -1.17. The van der Waals surface area contributed by atoms with Crippen molar-refractivity contribution < 1.29 is 24.0 Å². The maximum atomic E-state index is 13.2. The van der Waals surface area contributed by atoms with Crippen molar-refractivity contribution in [1.82, 2.24) is 20.4 Å². The average molecular weight is 500 g/mol. The molecule has 4 atom stereocenters. The lowest BCUT2D eigenvalue weighted by Gasteiger charge is -2.30. The second-order valence-electron chi connectivity index (χ2n) is 10.2. The van der Waals surface area contributed by atoms with Gasteiger partial charge in [0.1, 0.15) is 12.1 Å². The predicted octanol–water partition coefficient (Wildman–Crippen LogP) is 0.956. The highest BCUT2D eigenvalue weighted by molar-refractivity contribution is 5.99. The van der Waals surface area contributed by atoms with Crippen molar-refractivity contribution >= 4 is 35.1 Å². The molecule has 10 nitrogen and oxygen atoms in total. The van der Waals surface area contributed by atoms with Crippen LogP contribution in [0, 0.1) is 11.8 Å². The summed E-state index contributed by atoms with van der Waals surface area (Å²) in [6.07, 6.45) is 1.40. The number of nitrogens with one attached hydrogen (secondary N) is 2. The van der Waals surface area contributed by atoms with Gasteiger partial charge in [-0.15, -0.1) is 0 Å². The lowest BCUT2D eigenvalue weighted by Crippen LogP contribution is -2.52. The Labute approximate surface area is 211 Å². The molecule has 0 aliphatic carbocycles. The molecule has 3 rings (SSSR count). The maximum absolute atomic E-state index is 13.2. The van der Waals surface area contributed by atoms with Gasteiger partial charge in [-0.25, -0.2) is 0 Å². The quantitative estimate of drug-likeness (QED) is 0.432. The molecule has 1 aromatic carbocycles.